The van der Waals surface area contributed by atoms with Crippen LogP contribution in [0, 0.1) is 31.1 Å². The monoisotopic (exact) mass is 214 g/mol. The molecule has 0 unspecified atom stereocenters. The number of Topliss-reactive ketones (excluding diaryl/α,β-unsaturated/α-hetero) is 1. The number of ketones is 1. The van der Waals surface area contributed by atoms with E-state index in [-0.39, 0.29) is 11.2 Å². The lowest BCUT2D eigenvalue weighted by atomic mass is 9.95. The Hall–Kier alpha value is -1.55. The van der Waals surface area contributed by atoms with Gasteiger partial charge in [0.15, 0.2) is 0 Å². The summed E-state index contributed by atoms with van der Waals surface area (Å²) < 4.78 is 0. The highest BCUT2D eigenvalue weighted by atomic mass is 16.1. The summed E-state index contributed by atoms with van der Waals surface area (Å²) in [6, 6.07) is 5.84. The van der Waals surface area contributed by atoms with Crippen LogP contribution in [0.25, 0.3) is 0 Å². The summed E-state index contributed by atoms with van der Waals surface area (Å²) in [6.07, 6.45) is 0. The third-order valence-electron chi connectivity index (χ3n) is 2.26. The van der Waals surface area contributed by atoms with Crippen molar-refractivity contribution in [3.63, 3.8) is 0 Å². The maximum Gasteiger partial charge on any atom is 0.236 e. The number of carbonyl (C=O) groups excluding carboxylic acids is 1. The molecule has 0 amide bonds. The molecule has 1 nitrogen and oxygen atoms in total. The molecule has 1 aromatic rings. The smallest absolute Gasteiger partial charge is 0.236 e. The fourth-order valence-electron chi connectivity index (χ4n) is 1.48. The van der Waals surface area contributed by atoms with Crippen LogP contribution >= 0.6 is 0 Å². The number of hydrogen-bond donors (Lipinski definition) is 0. The first-order valence-electron chi connectivity index (χ1n) is 5.45. The van der Waals surface area contributed by atoms with Gasteiger partial charge in [-0.15, -0.1) is 0 Å². The van der Waals surface area contributed by atoms with Gasteiger partial charge >= 0.3 is 0 Å². The molecule has 0 saturated heterocycles. The molecule has 1 aromatic carbocycles. The second-order valence-corrected chi connectivity index (χ2v) is 5.10. The average Bonchev–Trinajstić information content (AvgIpc) is 2.13. The largest absolute Gasteiger partial charge is 0.279 e. The fraction of sp³-hybridized carbons (Fsp3) is 0.400. The second kappa shape index (κ2) is 4.53. The molecule has 0 radical (unpaired) electrons. The molecule has 84 valence electrons. The molecule has 0 heterocycles. The van der Waals surface area contributed by atoms with Crippen molar-refractivity contribution in [1.82, 2.24) is 0 Å². The van der Waals surface area contributed by atoms with E-state index in [0.717, 1.165) is 16.7 Å². The van der Waals surface area contributed by atoms with Crippen molar-refractivity contribution in [2.45, 2.75) is 34.6 Å². The molecule has 0 aliphatic carbocycles. The summed E-state index contributed by atoms with van der Waals surface area (Å²) in [4.78, 5) is 12.0. The topological polar surface area (TPSA) is 17.1 Å². The Kier molecular flexibility index (Phi) is 3.55. The van der Waals surface area contributed by atoms with Gasteiger partial charge in [-0.05, 0) is 51.7 Å². The molecule has 0 aliphatic rings. The van der Waals surface area contributed by atoms with Gasteiger partial charge < -0.3 is 0 Å². The van der Waals surface area contributed by atoms with Gasteiger partial charge in [-0.2, -0.15) is 0 Å². The van der Waals surface area contributed by atoms with E-state index in [1.807, 2.05) is 52.8 Å². The van der Waals surface area contributed by atoms with Crippen LogP contribution in [-0.4, -0.2) is 5.78 Å². The van der Waals surface area contributed by atoms with Gasteiger partial charge in [0.25, 0.3) is 0 Å². The number of hydrogen-bond acceptors (Lipinski definition) is 1. The van der Waals surface area contributed by atoms with Crippen LogP contribution in [0.4, 0.5) is 0 Å². The van der Waals surface area contributed by atoms with Crippen molar-refractivity contribution in [2.24, 2.45) is 5.41 Å². The quantitative estimate of drug-likeness (QED) is 0.397. The average molecular weight is 214 g/mol. The Bertz CT molecular complexity index is 444. The van der Waals surface area contributed by atoms with Crippen molar-refractivity contribution in [3.05, 3.63) is 34.9 Å². The summed E-state index contributed by atoms with van der Waals surface area (Å²) in [5.74, 6) is 5.63. The SMILES string of the molecule is Cc1cccc(C)c1C(=O)C#CC(C)(C)C. The lowest BCUT2D eigenvalue weighted by molar-refractivity contribution is 0.105. The maximum atomic E-state index is 12.0. The Morgan fingerprint density at radius 2 is 1.62 bits per heavy atom. The molecular weight excluding hydrogens is 196 g/mol. The van der Waals surface area contributed by atoms with E-state index in [9.17, 15) is 4.79 Å². The van der Waals surface area contributed by atoms with Crippen molar-refractivity contribution in [3.8, 4) is 11.8 Å². The lowest BCUT2D eigenvalue weighted by Gasteiger charge is -2.08. The third-order valence-corrected chi connectivity index (χ3v) is 2.26. The molecule has 1 heteroatoms. The van der Waals surface area contributed by atoms with E-state index >= 15 is 0 Å². The van der Waals surface area contributed by atoms with Crippen LogP contribution in [0.15, 0.2) is 18.2 Å². The lowest BCUT2D eigenvalue weighted by Crippen LogP contribution is -2.05. The number of rotatable bonds is 1. The van der Waals surface area contributed by atoms with E-state index in [4.69, 9.17) is 0 Å². The molecule has 0 bridgehead atoms. The van der Waals surface area contributed by atoms with Gasteiger partial charge in [-0.1, -0.05) is 24.1 Å². The zero-order valence-corrected chi connectivity index (χ0v) is 10.6. The minimum absolute atomic E-state index is 0.0782. The Morgan fingerprint density at radius 3 is 2.06 bits per heavy atom. The normalized spacial score (nSPS) is 10.6. The Balaban J connectivity index is 3.10. The van der Waals surface area contributed by atoms with Crippen LogP contribution in [0.3, 0.4) is 0 Å². The highest BCUT2D eigenvalue weighted by molar-refractivity contribution is 6.10. The molecule has 16 heavy (non-hydrogen) atoms. The van der Waals surface area contributed by atoms with E-state index in [1.54, 1.807) is 0 Å². The molecule has 1 rings (SSSR count). The molecule has 0 fully saturated rings. The minimum atomic E-state index is -0.133. The molecule has 0 aliphatic heterocycles. The molecule has 0 aromatic heterocycles. The third kappa shape index (κ3) is 3.24. The van der Waals surface area contributed by atoms with Crippen LogP contribution < -0.4 is 0 Å². The highest BCUT2D eigenvalue weighted by Gasteiger charge is 2.10. The summed E-state index contributed by atoms with van der Waals surface area (Å²) in [5.41, 5.74) is 2.60. The molecule has 0 spiro atoms. The van der Waals surface area contributed by atoms with E-state index in [2.05, 4.69) is 11.8 Å². The molecule has 0 N–H and O–H groups in total. The predicted molar refractivity (Wildman–Crippen MR) is 67.5 cm³/mol. The first-order valence-corrected chi connectivity index (χ1v) is 5.45. The van der Waals surface area contributed by atoms with Crippen LogP contribution in [0.2, 0.25) is 0 Å². The molecular formula is C15H18O. The first-order chi connectivity index (χ1) is 7.31. The number of carbonyl (C=O) groups is 1. The zero-order valence-electron chi connectivity index (χ0n) is 10.6. The van der Waals surface area contributed by atoms with E-state index < -0.39 is 0 Å². The Labute approximate surface area is 97.9 Å². The van der Waals surface area contributed by atoms with Gasteiger partial charge in [0.1, 0.15) is 0 Å². The van der Waals surface area contributed by atoms with Gasteiger partial charge in [0.05, 0.1) is 0 Å². The summed E-state index contributed by atoms with van der Waals surface area (Å²) >= 11 is 0. The van der Waals surface area contributed by atoms with Gasteiger partial charge in [-0.3, -0.25) is 4.79 Å². The summed E-state index contributed by atoms with van der Waals surface area (Å²) in [7, 11) is 0. The van der Waals surface area contributed by atoms with Crippen molar-refractivity contribution in [1.29, 1.82) is 0 Å². The zero-order chi connectivity index (χ0) is 12.3. The van der Waals surface area contributed by atoms with E-state index in [1.165, 1.54) is 0 Å². The number of benzene rings is 1. The minimum Gasteiger partial charge on any atom is -0.279 e. The predicted octanol–water partition coefficient (Wildman–Crippen LogP) is 3.54. The maximum absolute atomic E-state index is 12.0. The van der Waals surface area contributed by atoms with Crippen LogP contribution in [-0.2, 0) is 0 Å². The van der Waals surface area contributed by atoms with Crippen molar-refractivity contribution < 1.29 is 4.79 Å². The molecule has 0 atom stereocenters. The van der Waals surface area contributed by atoms with Crippen molar-refractivity contribution >= 4 is 5.78 Å². The molecule has 0 saturated carbocycles. The van der Waals surface area contributed by atoms with Crippen molar-refractivity contribution in [2.75, 3.05) is 0 Å². The van der Waals surface area contributed by atoms with Gasteiger partial charge in [0.2, 0.25) is 5.78 Å². The van der Waals surface area contributed by atoms with E-state index in [0.29, 0.717) is 0 Å². The summed E-state index contributed by atoms with van der Waals surface area (Å²) in [5, 5.41) is 0. The highest BCUT2D eigenvalue weighted by Crippen LogP contribution is 2.15. The fourth-order valence-corrected chi connectivity index (χ4v) is 1.48. The second-order valence-electron chi connectivity index (χ2n) is 5.10. The first kappa shape index (κ1) is 12.5. The van der Waals surface area contributed by atoms with Crippen LogP contribution in [0.5, 0.6) is 0 Å². The van der Waals surface area contributed by atoms with Gasteiger partial charge in [0, 0.05) is 11.0 Å². The van der Waals surface area contributed by atoms with Gasteiger partial charge in [-0.25, -0.2) is 0 Å². The standard InChI is InChI=1S/C15H18O/c1-11-7-6-8-12(2)14(11)13(16)9-10-15(3,4)5/h6-8H,1-5H3. The summed E-state index contributed by atoms with van der Waals surface area (Å²) in [6.45, 7) is 9.88. The number of aryl methyl sites for hydroxylation is 2. The van der Waals surface area contributed by atoms with Crippen LogP contribution in [0.1, 0.15) is 42.3 Å². The Morgan fingerprint density at radius 1 is 1.12 bits per heavy atom.